The van der Waals surface area contributed by atoms with Crippen molar-refractivity contribution in [1.29, 1.82) is 0 Å². The Kier molecular flexibility index (Phi) is 7.06. The van der Waals surface area contributed by atoms with Crippen molar-refractivity contribution >= 4 is 74.3 Å². The Balaban J connectivity index is 1.54. The summed E-state index contributed by atoms with van der Waals surface area (Å²) < 4.78 is 5.67. The highest BCUT2D eigenvalue weighted by atomic mass is 35.5. The molecule has 36 heavy (non-hydrogen) atoms. The number of fused-ring (bicyclic) bond motifs is 1. The lowest BCUT2D eigenvalue weighted by atomic mass is 10.2. The molecule has 4 N–H and O–H groups in total. The van der Waals surface area contributed by atoms with E-state index in [2.05, 4.69) is 36.0 Å². The highest BCUT2D eigenvalue weighted by molar-refractivity contribution is 6.49. The summed E-state index contributed by atoms with van der Waals surface area (Å²) >= 11 is 18.6. The molecule has 2 aromatic carbocycles. The zero-order valence-corrected chi connectivity index (χ0v) is 21.4. The predicted molar refractivity (Wildman–Crippen MR) is 146 cm³/mol. The number of rotatable bonds is 6. The number of aromatic amines is 1. The van der Waals surface area contributed by atoms with E-state index in [1.54, 1.807) is 31.5 Å². The second-order valence-electron chi connectivity index (χ2n) is 8.11. The second kappa shape index (κ2) is 10.4. The van der Waals surface area contributed by atoms with E-state index in [0.29, 0.717) is 44.6 Å². The van der Waals surface area contributed by atoms with E-state index in [1.165, 1.54) is 0 Å². The van der Waals surface area contributed by atoms with Crippen LogP contribution in [0.2, 0.25) is 15.1 Å². The molecular formula is C24H22Cl3N7O2. The number of hydrogen-bond donors (Lipinski definition) is 4. The molecule has 0 saturated carbocycles. The van der Waals surface area contributed by atoms with Crippen LogP contribution < -0.4 is 31.1 Å². The zero-order valence-electron chi connectivity index (χ0n) is 19.2. The third-order valence-electron chi connectivity index (χ3n) is 5.86. The maximum absolute atomic E-state index is 12.7. The van der Waals surface area contributed by atoms with Gasteiger partial charge in [-0.25, -0.2) is 10.1 Å². The highest BCUT2D eigenvalue weighted by Gasteiger charge is 2.17. The van der Waals surface area contributed by atoms with Crippen LogP contribution in [0.1, 0.15) is 0 Å². The van der Waals surface area contributed by atoms with E-state index >= 15 is 0 Å². The molecular weight excluding hydrogens is 525 g/mol. The van der Waals surface area contributed by atoms with E-state index in [-0.39, 0.29) is 15.6 Å². The molecule has 0 spiro atoms. The summed E-state index contributed by atoms with van der Waals surface area (Å²) in [6, 6.07) is 10.9. The number of pyridine rings is 1. The fraction of sp³-hybridized carbons (Fsp3) is 0.208. The standard InChI is InChI=1S/C24H22Cl3N7O2/c1-36-18-11-14(34-8-6-28-7-9-34)2-4-16(18)31-23-20-13(12-29-33-24(20)35)10-19(32-23)30-17-5-3-15(25)21(26)22(17)27/h2-5,10-12,28H,6-9H2,1H3,(H,33,35)(H2,30,31,32). The predicted octanol–water partition coefficient (Wildman–Crippen LogP) is 5.18. The van der Waals surface area contributed by atoms with Gasteiger partial charge in [0.05, 0.1) is 45.1 Å². The van der Waals surface area contributed by atoms with Crippen LogP contribution in [0.15, 0.2) is 47.4 Å². The molecule has 0 aliphatic carbocycles. The van der Waals surface area contributed by atoms with Gasteiger partial charge in [-0.15, -0.1) is 0 Å². The van der Waals surface area contributed by atoms with Gasteiger partial charge in [-0.1, -0.05) is 34.8 Å². The number of methoxy groups -OCH3 is 1. The second-order valence-corrected chi connectivity index (χ2v) is 9.28. The molecule has 0 atom stereocenters. The van der Waals surface area contributed by atoms with Crippen LogP contribution in [0, 0.1) is 0 Å². The summed E-state index contributed by atoms with van der Waals surface area (Å²) in [6.45, 7) is 3.68. The van der Waals surface area contributed by atoms with Gasteiger partial charge in [0.1, 0.15) is 17.4 Å². The van der Waals surface area contributed by atoms with Crippen LogP contribution in [0.25, 0.3) is 10.8 Å². The Hall–Kier alpha value is -3.24. The lowest BCUT2D eigenvalue weighted by molar-refractivity contribution is 0.416. The van der Waals surface area contributed by atoms with Crippen LogP contribution in [-0.4, -0.2) is 48.5 Å². The van der Waals surface area contributed by atoms with Gasteiger partial charge in [0, 0.05) is 43.3 Å². The number of benzene rings is 2. The minimum absolute atomic E-state index is 0.231. The molecule has 9 nitrogen and oxygen atoms in total. The molecule has 5 rings (SSSR count). The van der Waals surface area contributed by atoms with Crippen molar-refractivity contribution in [3.63, 3.8) is 0 Å². The highest BCUT2D eigenvalue weighted by Crippen LogP contribution is 2.38. The zero-order chi connectivity index (χ0) is 25.2. The minimum Gasteiger partial charge on any atom is -0.494 e. The fourth-order valence-electron chi connectivity index (χ4n) is 4.07. The lowest BCUT2D eigenvalue weighted by Crippen LogP contribution is -2.43. The molecule has 0 bridgehead atoms. The lowest BCUT2D eigenvalue weighted by Gasteiger charge is -2.30. The number of nitrogens with zero attached hydrogens (tertiary/aromatic N) is 3. The van der Waals surface area contributed by atoms with Crippen LogP contribution in [0.4, 0.5) is 28.7 Å². The van der Waals surface area contributed by atoms with Crippen molar-refractivity contribution < 1.29 is 4.74 Å². The quantitative estimate of drug-likeness (QED) is 0.245. The Labute approximate surface area is 221 Å². The van der Waals surface area contributed by atoms with Gasteiger partial charge in [-0.3, -0.25) is 4.79 Å². The molecule has 1 saturated heterocycles. The van der Waals surface area contributed by atoms with Crippen molar-refractivity contribution in [3.8, 4) is 5.75 Å². The van der Waals surface area contributed by atoms with Gasteiger partial charge in [-0.05, 0) is 30.3 Å². The summed E-state index contributed by atoms with van der Waals surface area (Å²) in [5.41, 5.74) is 1.85. The average Bonchev–Trinajstić information content (AvgIpc) is 2.89. The van der Waals surface area contributed by atoms with Crippen LogP contribution >= 0.6 is 34.8 Å². The Bertz CT molecular complexity index is 1490. The maximum Gasteiger partial charge on any atom is 0.275 e. The van der Waals surface area contributed by atoms with Crippen LogP contribution in [0.3, 0.4) is 0 Å². The van der Waals surface area contributed by atoms with Crippen LogP contribution in [0.5, 0.6) is 5.75 Å². The fourth-order valence-corrected chi connectivity index (χ4v) is 4.65. The van der Waals surface area contributed by atoms with Gasteiger partial charge in [0.25, 0.3) is 5.56 Å². The minimum atomic E-state index is -0.377. The first-order valence-electron chi connectivity index (χ1n) is 11.1. The third kappa shape index (κ3) is 4.87. The molecule has 4 aromatic rings. The number of halogens is 3. The number of anilines is 5. The monoisotopic (exact) mass is 545 g/mol. The molecule has 0 amide bonds. The molecule has 1 aliphatic rings. The third-order valence-corrected chi connectivity index (χ3v) is 7.16. The van der Waals surface area contributed by atoms with Gasteiger partial charge in [-0.2, -0.15) is 5.10 Å². The first kappa shape index (κ1) is 24.5. The summed E-state index contributed by atoms with van der Waals surface area (Å²) in [7, 11) is 1.61. The number of H-pyrrole nitrogens is 1. The van der Waals surface area contributed by atoms with Crippen molar-refractivity contribution in [1.82, 2.24) is 20.5 Å². The smallest absolute Gasteiger partial charge is 0.275 e. The normalized spacial score (nSPS) is 13.6. The first-order valence-corrected chi connectivity index (χ1v) is 12.3. The van der Waals surface area contributed by atoms with Crippen molar-refractivity contribution in [3.05, 3.63) is 68.0 Å². The van der Waals surface area contributed by atoms with Crippen molar-refractivity contribution in [2.75, 3.05) is 48.8 Å². The molecule has 1 aliphatic heterocycles. The number of piperazine rings is 1. The Morgan fingerprint density at radius 1 is 1.00 bits per heavy atom. The largest absolute Gasteiger partial charge is 0.494 e. The molecule has 12 heteroatoms. The van der Waals surface area contributed by atoms with Gasteiger partial charge < -0.3 is 25.6 Å². The maximum atomic E-state index is 12.7. The van der Waals surface area contributed by atoms with E-state index in [9.17, 15) is 4.79 Å². The summed E-state index contributed by atoms with van der Waals surface area (Å²) in [5.74, 6) is 1.37. The molecule has 0 radical (unpaired) electrons. The number of nitrogens with one attached hydrogen (secondary N) is 4. The Morgan fingerprint density at radius 2 is 1.78 bits per heavy atom. The molecule has 186 valence electrons. The van der Waals surface area contributed by atoms with Crippen LogP contribution in [-0.2, 0) is 0 Å². The van der Waals surface area contributed by atoms with Crippen molar-refractivity contribution in [2.24, 2.45) is 0 Å². The molecule has 2 aromatic heterocycles. The van der Waals surface area contributed by atoms with Gasteiger partial charge in [0.15, 0.2) is 0 Å². The molecule has 1 fully saturated rings. The average molecular weight is 547 g/mol. The summed E-state index contributed by atoms with van der Waals surface area (Å²) in [4.78, 5) is 19.6. The van der Waals surface area contributed by atoms with E-state index in [4.69, 9.17) is 39.5 Å². The van der Waals surface area contributed by atoms with E-state index < -0.39 is 0 Å². The summed E-state index contributed by atoms with van der Waals surface area (Å²) in [5, 5.41) is 17.9. The van der Waals surface area contributed by atoms with Crippen molar-refractivity contribution in [2.45, 2.75) is 0 Å². The summed E-state index contributed by atoms with van der Waals surface area (Å²) in [6.07, 6.45) is 1.55. The molecule has 0 unspecified atom stereocenters. The number of ether oxygens (including phenoxy) is 1. The molecule has 3 heterocycles. The van der Waals surface area contributed by atoms with E-state index in [0.717, 1.165) is 31.9 Å². The van der Waals surface area contributed by atoms with Gasteiger partial charge in [0.2, 0.25) is 0 Å². The first-order chi connectivity index (χ1) is 17.4. The topological polar surface area (TPSA) is 107 Å². The number of hydrogen-bond acceptors (Lipinski definition) is 8. The van der Waals surface area contributed by atoms with Gasteiger partial charge >= 0.3 is 0 Å². The van der Waals surface area contributed by atoms with E-state index in [1.807, 2.05) is 18.2 Å². The SMILES string of the molecule is COc1cc(N2CCNCC2)ccc1Nc1nc(Nc2ccc(Cl)c(Cl)c2Cl)cc2cn[nH]c(=O)c12. The Morgan fingerprint density at radius 3 is 2.56 bits per heavy atom. The number of aromatic nitrogens is 3.